The van der Waals surface area contributed by atoms with Gasteiger partial charge in [-0.1, -0.05) is 0 Å². The van der Waals surface area contributed by atoms with Crippen LogP contribution >= 0.6 is 11.3 Å². The number of carboxylic acid groups (broad SMARTS) is 1. The number of hydrogen-bond donors (Lipinski definition) is 1. The highest BCUT2D eigenvalue weighted by molar-refractivity contribution is 7.90. The van der Waals surface area contributed by atoms with Gasteiger partial charge in [0.2, 0.25) is 20.4 Å². The van der Waals surface area contributed by atoms with Gasteiger partial charge in [0.15, 0.2) is 10.8 Å². The maximum absolute atomic E-state index is 12.2. The average Bonchev–Trinajstić information content (AvgIpc) is 3.00. The van der Waals surface area contributed by atoms with Gasteiger partial charge in [-0.05, 0) is 0 Å². The second-order valence-corrected chi connectivity index (χ2v) is 7.31. The standard InChI is InChI=1S/C12H8N4O5S2/c1-23(20,21)11-14-4-6-8(17)7(10(18)19)5-16(9(6)15-11)12-13-2-3-22-12/h2-5H,1H3,(H,18,19). The number of rotatable bonds is 3. The number of hydrogen-bond acceptors (Lipinski definition) is 8. The van der Waals surface area contributed by atoms with E-state index in [1.54, 1.807) is 5.38 Å². The summed E-state index contributed by atoms with van der Waals surface area (Å²) in [6, 6.07) is 0. The predicted molar refractivity (Wildman–Crippen MR) is 80.9 cm³/mol. The molecule has 0 atom stereocenters. The molecular formula is C12H8N4O5S2. The normalized spacial score (nSPS) is 11.7. The van der Waals surface area contributed by atoms with E-state index < -0.39 is 32.0 Å². The molecule has 1 N–H and O–H groups in total. The molecule has 0 saturated heterocycles. The Bertz CT molecular complexity index is 1090. The summed E-state index contributed by atoms with van der Waals surface area (Å²) < 4.78 is 24.5. The van der Waals surface area contributed by atoms with E-state index in [9.17, 15) is 18.0 Å². The lowest BCUT2D eigenvalue weighted by atomic mass is 10.2. The van der Waals surface area contributed by atoms with Gasteiger partial charge in [0.25, 0.3) is 0 Å². The third kappa shape index (κ3) is 2.59. The van der Waals surface area contributed by atoms with E-state index in [4.69, 9.17) is 5.11 Å². The fourth-order valence-electron chi connectivity index (χ4n) is 1.91. The second kappa shape index (κ2) is 5.21. The number of thiazole rings is 1. The Morgan fingerprint density at radius 2 is 2.09 bits per heavy atom. The van der Waals surface area contributed by atoms with Crippen molar-refractivity contribution < 1.29 is 18.3 Å². The molecule has 0 saturated carbocycles. The van der Waals surface area contributed by atoms with Crippen LogP contribution in [0.5, 0.6) is 0 Å². The number of sulfone groups is 1. The van der Waals surface area contributed by atoms with Crippen molar-refractivity contribution in [2.75, 3.05) is 6.26 Å². The molecule has 11 heteroatoms. The topological polar surface area (TPSA) is 132 Å². The van der Waals surface area contributed by atoms with E-state index in [1.807, 2.05) is 0 Å². The molecule has 0 aliphatic carbocycles. The Balaban J connectivity index is 2.49. The number of fused-ring (bicyclic) bond motifs is 1. The van der Waals surface area contributed by atoms with Gasteiger partial charge in [0.05, 0.1) is 5.39 Å². The highest BCUT2D eigenvalue weighted by Gasteiger charge is 2.20. The predicted octanol–water partition coefficient (Wildman–Crippen LogP) is 0.339. The highest BCUT2D eigenvalue weighted by Crippen LogP contribution is 2.18. The van der Waals surface area contributed by atoms with Crippen LogP contribution in [-0.2, 0) is 9.84 Å². The third-order valence-electron chi connectivity index (χ3n) is 2.91. The summed E-state index contributed by atoms with van der Waals surface area (Å²) in [6.07, 6.45) is 4.51. The lowest BCUT2D eigenvalue weighted by molar-refractivity contribution is 0.0695. The number of aromatic nitrogens is 4. The molecular weight excluding hydrogens is 344 g/mol. The van der Waals surface area contributed by atoms with Crippen molar-refractivity contribution in [3.05, 3.63) is 39.8 Å². The SMILES string of the molecule is CS(=O)(=O)c1ncc2c(=O)c(C(=O)O)cn(-c3nccs3)c2n1. The van der Waals surface area contributed by atoms with Gasteiger partial charge in [-0.25, -0.2) is 23.2 Å². The number of carboxylic acids is 1. The summed E-state index contributed by atoms with van der Waals surface area (Å²) in [7, 11) is -3.69. The Kier molecular flexibility index (Phi) is 3.45. The quantitative estimate of drug-likeness (QED) is 0.667. The molecule has 118 valence electrons. The fourth-order valence-corrected chi connectivity index (χ4v) is 3.02. The maximum atomic E-state index is 12.2. The number of carbonyl (C=O) groups is 1. The molecule has 23 heavy (non-hydrogen) atoms. The first-order valence-corrected chi connectivity index (χ1v) is 8.82. The minimum atomic E-state index is -3.69. The maximum Gasteiger partial charge on any atom is 0.341 e. The lowest BCUT2D eigenvalue weighted by Crippen LogP contribution is -2.20. The van der Waals surface area contributed by atoms with Gasteiger partial charge in [0.1, 0.15) is 5.56 Å². The van der Waals surface area contributed by atoms with Crippen molar-refractivity contribution in [1.29, 1.82) is 0 Å². The van der Waals surface area contributed by atoms with E-state index in [0.29, 0.717) is 5.13 Å². The molecule has 0 amide bonds. The number of aromatic carboxylic acids is 1. The number of nitrogens with zero attached hydrogens (tertiary/aromatic N) is 4. The van der Waals surface area contributed by atoms with Crippen molar-refractivity contribution in [2.24, 2.45) is 0 Å². The van der Waals surface area contributed by atoms with E-state index in [2.05, 4.69) is 15.0 Å². The Labute approximate surface area is 132 Å². The smallest absolute Gasteiger partial charge is 0.341 e. The van der Waals surface area contributed by atoms with E-state index in [0.717, 1.165) is 18.6 Å². The average molecular weight is 352 g/mol. The van der Waals surface area contributed by atoms with Crippen molar-refractivity contribution in [3.8, 4) is 5.13 Å². The molecule has 0 unspecified atom stereocenters. The van der Waals surface area contributed by atoms with Crippen LogP contribution in [-0.4, -0.2) is 45.3 Å². The van der Waals surface area contributed by atoms with Crippen molar-refractivity contribution in [1.82, 2.24) is 19.5 Å². The fraction of sp³-hybridized carbons (Fsp3) is 0.0833. The van der Waals surface area contributed by atoms with Gasteiger partial charge in [-0.2, -0.15) is 4.98 Å². The van der Waals surface area contributed by atoms with E-state index in [1.165, 1.54) is 22.1 Å². The number of pyridine rings is 1. The molecule has 3 heterocycles. The summed E-state index contributed by atoms with van der Waals surface area (Å²) in [4.78, 5) is 35.0. The van der Waals surface area contributed by atoms with Gasteiger partial charge < -0.3 is 5.11 Å². The van der Waals surface area contributed by atoms with Crippen molar-refractivity contribution in [2.45, 2.75) is 5.16 Å². The first kappa shape index (κ1) is 15.2. The summed E-state index contributed by atoms with van der Waals surface area (Å²) in [6.45, 7) is 0. The first-order chi connectivity index (χ1) is 10.8. The molecule has 0 aliphatic rings. The molecule has 0 aromatic carbocycles. The molecule has 0 radical (unpaired) electrons. The summed E-state index contributed by atoms with van der Waals surface area (Å²) in [5, 5.41) is 10.6. The molecule has 0 spiro atoms. The molecule has 0 fully saturated rings. The summed E-state index contributed by atoms with van der Waals surface area (Å²) in [5.41, 5.74) is -1.30. The van der Waals surface area contributed by atoms with Crippen LogP contribution in [0.2, 0.25) is 0 Å². The lowest BCUT2D eigenvalue weighted by Gasteiger charge is -2.09. The zero-order valence-electron chi connectivity index (χ0n) is 11.5. The second-order valence-electron chi connectivity index (χ2n) is 4.52. The molecule has 3 aromatic rings. The Morgan fingerprint density at radius 3 is 2.65 bits per heavy atom. The van der Waals surface area contributed by atoms with Gasteiger partial charge in [-0.15, -0.1) is 11.3 Å². The zero-order valence-corrected chi connectivity index (χ0v) is 13.1. The van der Waals surface area contributed by atoms with Gasteiger partial charge >= 0.3 is 5.97 Å². The van der Waals surface area contributed by atoms with Gasteiger partial charge in [0, 0.05) is 30.2 Å². The van der Waals surface area contributed by atoms with Crippen LogP contribution in [0, 0.1) is 0 Å². The van der Waals surface area contributed by atoms with Gasteiger partial charge in [-0.3, -0.25) is 9.36 Å². The van der Waals surface area contributed by atoms with Crippen LogP contribution in [0.3, 0.4) is 0 Å². The van der Waals surface area contributed by atoms with Crippen LogP contribution in [0.25, 0.3) is 16.2 Å². The molecule has 3 aromatic heterocycles. The first-order valence-electron chi connectivity index (χ1n) is 6.04. The van der Waals surface area contributed by atoms with Crippen LogP contribution < -0.4 is 5.43 Å². The molecule has 3 rings (SSSR count). The Hall–Kier alpha value is -2.66. The molecule has 9 nitrogen and oxygen atoms in total. The van der Waals surface area contributed by atoms with Crippen molar-refractivity contribution >= 4 is 38.2 Å². The summed E-state index contributed by atoms with van der Waals surface area (Å²) in [5.74, 6) is -1.41. The minimum Gasteiger partial charge on any atom is -0.477 e. The summed E-state index contributed by atoms with van der Waals surface area (Å²) >= 11 is 1.18. The van der Waals surface area contributed by atoms with E-state index >= 15 is 0 Å². The monoisotopic (exact) mass is 352 g/mol. The van der Waals surface area contributed by atoms with Crippen molar-refractivity contribution in [3.63, 3.8) is 0 Å². The largest absolute Gasteiger partial charge is 0.477 e. The minimum absolute atomic E-state index is 0.0228. The third-order valence-corrected chi connectivity index (χ3v) is 4.54. The van der Waals surface area contributed by atoms with Crippen LogP contribution in [0.1, 0.15) is 10.4 Å². The molecule has 0 bridgehead atoms. The van der Waals surface area contributed by atoms with Crippen LogP contribution in [0.15, 0.2) is 33.9 Å². The molecule has 0 aliphatic heterocycles. The highest BCUT2D eigenvalue weighted by atomic mass is 32.2. The van der Waals surface area contributed by atoms with E-state index in [-0.39, 0.29) is 11.0 Å². The van der Waals surface area contributed by atoms with Crippen LogP contribution in [0.4, 0.5) is 0 Å². The Morgan fingerprint density at radius 1 is 1.35 bits per heavy atom. The zero-order chi connectivity index (χ0) is 16.8.